The molecule has 3 heterocycles. The summed E-state index contributed by atoms with van der Waals surface area (Å²) >= 11 is 0. The molecule has 3 fully saturated rings. The molecule has 2 aliphatic heterocycles. The second kappa shape index (κ2) is 10.1. The molecule has 2 N–H and O–H groups in total. The number of aromatic amines is 1. The standard InChI is InChI=1S/C27H35N3O6S/c1-3-23(31)21(13-17-8-6-12-37(17,34)35)29-26(32)25-18-9-4-7-16(18)15-30(25)27(33)22-14-19-20(28-22)10-5-11-24(19)36-2/h5,10-11,14,16-18,21,25,28H,3-4,6-9,12-13,15H2,1-2H3,(H,29,32). The van der Waals surface area contributed by atoms with E-state index in [-0.39, 0.29) is 48.0 Å². The summed E-state index contributed by atoms with van der Waals surface area (Å²) in [7, 11) is -1.67. The molecule has 2 aromatic rings. The lowest BCUT2D eigenvalue weighted by Crippen LogP contribution is -2.53. The zero-order valence-electron chi connectivity index (χ0n) is 21.4. The molecule has 5 rings (SSSR count). The SMILES string of the molecule is CCC(=O)C(CC1CCCS1(=O)=O)NC(=O)C1C2CCCC2CN1C(=O)c1cc2c(OC)cccc2[nH]1. The van der Waals surface area contributed by atoms with Crippen molar-refractivity contribution in [3.05, 3.63) is 30.0 Å². The lowest BCUT2D eigenvalue weighted by molar-refractivity contribution is -0.131. The van der Waals surface area contributed by atoms with Crippen LogP contribution in [0.2, 0.25) is 0 Å². The van der Waals surface area contributed by atoms with E-state index in [1.54, 1.807) is 25.0 Å². The Morgan fingerprint density at radius 2 is 2.00 bits per heavy atom. The van der Waals surface area contributed by atoms with Gasteiger partial charge in [-0.05, 0) is 62.1 Å². The topological polar surface area (TPSA) is 126 Å². The van der Waals surface area contributed by atoms with Gasteiger partial charge in [-0.15, -0.1) is 0 Å². The Hall–Kier alpha value is -2.88. The van der Waals surface area contributed by atoms with Crippen LogP contribution in [0.1, 0.15) is 62.4 Å². The van der Waals surface area contributed by atoms with Crippen molar-refractivity contribution >= 4 is 38.3 Å². The molecule has 0 radical (unpaired) electrons. The number of fused-ring (bicyclic) bond motifs is 2. The number of carbonyl (C=O) groups is 3. The van der Waals surface area contributed by atoms with Crippen LogP contribution in [0.25, 0.3) is 10.9 Å². The van der Waals surface area contributed by atoms with Crippen molar-refractivity contribution in [2.24, 2.45) is 11.8 Å². The summed E-state index contributed by atoms with van der Waals surface area (Å²) in [5, 5.41) is 3.07. The maximum Gasteiger partial charge on any atom is 0.271 e. The fourth-order valence-electron chi connectivity index (χ4n) is 6.59. The third-order valence-electron chi connectivity index (χ3n) is 8.51. The van der Waals surface area contributed by atoms with E-state index in [1.165, 1.54) is 0 Å². The average Bonchev–Trinajstić information content (AvgIpc) is 3.65. The van der Waals surface area contributed by atoms with Gasteiger partial charge in [-0.25, -0.2) is 8.42 Å². The zero-order chi connectivity index (χ0) is 26.3. The largest absolute Gasteiger partial charge is 0.496 e. The molecule has 1 aromatic heterocycles. The minimum absolute atomic E-state index is 0.0236. The fraction of sp³-hybridized carbons (Fsp3) is 0.593. The summed E-state index contributed by atoms with van der Waals surface area (Å²) < 4.78 is 30.3. The molecule has 9 nitrogen and oxygen atoms in total. The van der Waals surface area contributed by atoms with E-state index < -0.39 is 27.2 Å². The molecule has 1 saturated carbocycles. The number of sulfone groups is 1. The number of hydrogen-bond donors (Lipinski definition) is 2. The molecule has 2 amide bonds. The number of ketones is 1. The number of H-pyrrole nitrogens is 1. The Morgan fingerprint density at radius 1 is 1.19 bits per heavy atom. The number of benzene rings is 1. The highest BCUT2D eigenvalue weighted by Crippen LogP contribution is 2.43. The maximum atomic E-state index is 13.7. The van der Waals surface area contributed by atoms with Crippen LogP contribution in [-0.4, -0.2) is 72.6 Å². The third-order valence-corrected chi connectivity index (χ3v) is 10.8. The molecule has 0 spiro atoms. The van der Waals surface area contributed by atoms with Crippen molar-refractivity contribution in [3.8, 4) is 5.75 Å². The zero-order valence-corrected chi connectivity index (χ0v) is 22.2. The Balaban J connectivity index is 1.40. The van der Waals surface area contributed by atoms with Crippen LogP contribution in [0.15, 0.2) is 24.3 Å². The number of Topliss-reactive ketones (excluding diaryl/α,β-unsaturated/α-hetero) is 1. The molecule has 200 valence electrons. The van der Waals surface area contributed by atoms with Gasteiger partial charge in [0.15, 0.2) is 15.6 Å². The quantitative estimate of drug-likeness (QED) is 0.542. The van der Waals surface area contributed by atoms with E-state index >= 15 is 0 Å². The number of aromatic nitrogens is 1. The number of methoxy groups -OCH3 is 1. The van der Waals surface area contributed by atoms with Crippen molar-refractivity contribution < 1.29 is 27.5 Å². The summed E-state index contributed by atoms with van der Waals surface area (Å²) in [6.07, 6.45) is 4.19. The van der Waals surface area contributed by atoms with Gasteiger partial charge >= 0.3 is 0 Å². The van der Waals surface area contributed by atoms with E-state index in [4.69, 9.17) is 4.74 Å². The molecule has 37 heavy (non-hydrogen) atoms. The van der Waals surface area contributed by atoms with Gasteiger partial charge in [0.1, 0.15) is 17.5 Å². The molecule has 5 atom stereocenters. The predicted molar refractivity (Wildman–Crippen MR) is 139 cm³/mol. The summed E-state index contributed by atoms with van der Waals surface area (Å²) in [4.78, 5) is 45.1. The van der Waals surface area contributed by atoms with Crippen LogP contribution in [0.3, 0.4) is 0 Å². The van der Waals surface area contributed by atoms with Crippen LogP contribution in [0.4, 0.5) is 0 Å². The fourth-order valence-corrected chi connectivity index (χ4v) is 8.50. The summed E-state index contributed by atoms with van der Waals surface area (Å²) in [6.45, 7) is 2.20. The summed E-state index contributed by atoms with van der Waals surface area (Å²) in [6, 6.07) is 5.74. The number of ether oxygens (including phenoxy) is 1. The monoisotopic (exact) mass is 529 g/mol. The van der Waals surface area contributed by atoms with Crippen LogP contribution >= 0.6 is 0 Å². The first-order valence-corrected chi connectivity index (χ1v) is 15.0. The molecular formula is C27H35N3O6S. The van der Waals surface area contributed by atoms with Crippen molar-refractivity contribution in [2.45, 2.75) is 69.2 Å². The van der Waals surface area contributed by atoms with Crippen LogP contribution in [0.5, 0.6) is 5.75 Å². The number of nitrogens with one attached hydrogen (secondary N) is 2. The van der Waals surface area contributed by atoms with Crippen LogP contribution in [0, 0.1) is 11.8 Å². The minimum Gasteiger partial charge on any atom is -0.496 e. The van der Waals surface area contributed by atoms with E-state index in [0.717, 1.165) is 30.2 Å². The Labute approximate surface area is 217 Å². The molecule has 1 aliphatic carbocycles. The lowest BCUT2D eigenvalue weighted by atomic mass is 9.92. The normalized spacial score (nSPS) is 27.2. The van der Waals surface area contributed by atoms with Crippen LogP contribution < -0.4 is 10.1 Å². The molecule has 10 heteroatoms. The Kier molecular flexibility index (Phi) is 7.04. The predicted octanol–water partition coefficient (Wildman–Crippen LogP) is 2.85. The van der Waals surface area contributed by atoms with Crippen molar-refractivity contribution in [1.29, 1.82) is 0 Å². The molecular weight excluding hydrogens is 494 g/mol. The first-order chi connectivity index (χ1) is 17.7. The van der Waals surface area contributed by atoms with Gasteiger partial charge in [-0.3, -0.25) is 14.4 Å². The number of nitrogens with zero attached hydrogens (tertiary/aromatic N) is 1. The first kappa shape index (κ1) is 25.8. The number of hydrogen-bond acceptors (Lipinski definition) is 6. The summed E-state index contributed by atoms with van der Waals surface area (Å²) in [5.41, 5.74) is 1.16. The van der Waals surface area contributed by atoms with Crippen LogP contribution in [-0.2, 0) is 19.4 Å². The maximum absolute atomic E-state index is 13.7. The third kappa shape index (κ3) is 4.76. The highest BCUT2D eigenvalue weighted by molar-refractivity contribution is 7.92. The molecule has 3 aliphatic rings. The van der Waals surface area contributed by atoms with Gasteiger partial charge in [0.2, 0.25) is 5.91 Å². The molecule has 1 aromatic carbocycles. The highest BCUT2D eigenvalue weighted by Gasteiger charge is 2.50. The van der Waals surface area contributed by atoms with Gasteiger partial charge in [-0.1, -0.05) is 19.4 Å². The molecule has 2 saturated heterocycles. The lowest BCUT2D eigenvalue weighted by Gasteiger charge is -2.29. The molecule has 0 bridgehead atoms. The minimum atomic E-state index is -3.25. The number of carbonyl (C=O) groups excluding carboxylic acids is 3. The van der Waals surface area contributed by atoms with Crippen molar-refractivity contribution in [1.82, 2.24) is 15.2 Å². The number of likely N-dealkylation sites (tertiary alicyclic amines) is 1. The second-order valence-corrected chi connectivity index (χ2v) is 13.0. The van der Waals surface area contributed by atoms with Gasteiger partial charge in [0, 0.05) is 23.9 Å². The Bertz CT molecular complexity index is 1320. The second-order valence-electron chi connectivity index (χ2n) is 10.6. The van der Waals surface area contributed by atoms with Gasteiger partial charge in [-0.2, -0.15) is 0 Å². The van der Waals surface area contributed by atoms with E-state index in [2.05, 4.69) is 10.3 Å². The number of amides is 2. The van der Waals surface area contributed by atoms with Crippen molar-refractivity contribution in [3.63, 3.8) is 0 Å². The number of rotatable bonds is 8. The average molecular weight is 530 g/mol. The summed E-state index contributed by atoms with van der Waals surface area (Å²) in [5.74, 6) is 0.232. The van der Waals surface area contributed by atoms with Crippen molar-refractivity contribution in [2.75, 3.05) is 19.4 Å². The smallest absolute Gasteiger partial charge is 0.271 e. The van der Waals surface area contributed by atoms with Gasteiger partial charge in [0.05, 0.1) is 24.2 Å². The van der Waals surface area contributed by atoms with Gasteiger partial charge in [0.25, 0.3) is 5.91 Å². The van der Waals surface area contributed by atoms with E-state index in [9.17, 15) is 22.8 Å². The first-order valence-electron chi connectivity index (χ1n) is 13.2. The van der Waals surface area contributed by atoms with Gasteiger partial charge < -0.3 is 19.9 Å². The van der Waals surface area contributed by atoms with E-state index in [0.29, 0.717) is 30.8 Å². The van der Waals surface area contributed by atoms with E-state index in [1.807, 2.05) is 18.2 Å². The molecule has 5 unspecified atom stereocenters. The highest BCUT2D eigenvalue weighted by atomic mass is 32.2. The Morgan fingerprint density at radius 3 is 2.70 bits per heavy atom.